The Morgan fingerprint density at radius 1 is 0.933 bits per heavy atom. The van der Waals surface area contributed by atoms with E-state index in [2.05, 4.69) is 31.9 Å². The Kier molecular flexibility index (Phi) is 3.12. The van der Waals surface area contributed by atoms with Crippen molar-refractivity contribution in [1.29, 1.82) is 0 Å². The lowest BCUT2D eigenvalue weighted by molar-refractivity contribution is 0.513. The van der Waals surface area contributed by atoms with Crippen LogP contribution < -0.4 is 0 Å². The van der Waals surface area contributed by atoms with Gasteiger partial charge < -0.3 is 5.11 Å². The zero-order valence-electron chi connectivity index (χ0n) is 7.74. The van der Waals surface area contributed by atoms with Crippen LogP contribution in [0, 0.1) is 0 Å². The molecule has 2 aromatic rings. The molecular weight excluding hydrogens is 320 g/mol. The van der Waals surface area contributed by atoms with Crippen molar-refractivity contribution in [2.24, 2.45) is 0 Å². The van der Waals surface area contributed by atoms with Crippen molar-refractivity contribution in [2.45, 2.75) is 0 Å². The monoisotopic (exact) mass is 326 g/mol. The van der Waals surface area contributed by atoms with Gasteiger partial charge in [-0.2, -0.15) is 0 Å². The normalized spacial score (nSPS) is 10.3. The summed E-state index contributed by atoms with van der Waals surface area (Å²) < 4.78 is 0.561. The Labute approximate surface area is 105 Å². The average molecular weight is 328 g/mol. The van der Waals surface area contributed by atoms with Crippen molar-refractivity contribution < 1.29 is 5.11 Å². The molecule has 0 aliphatic heterocycles. The average Bonchev–Trinajstić information content (AvgIpc) is 2.27. The number of benzene rings is 2. The summed E-state index contributed by atoms with van der Waals surface area (Å²) in [5, 5.41) is 12.0. The fraction of sp³-hybridized carbons (Fsp3) is 0. The largest absolute Gasteiger partial charge is 0.506 e. The molecule has 0 saturated heterocycles. The van der Waals surface area contributed by atoms with Crippen LogP contribution in [0.5, 0.6) is 0 Å². The maximum atomic E-state index is 9.88. The van der Waals surface area contributed by atoms with Crippen molar-refractivity contribution in [3.63, 3.8) is 0 Å². The number of fused-ring (bicyclic) bond motifs is 1. The molecule has 0 aliphatic rings. The summed E-state index contributed by atoms with van der Waals surface area (Å²) in [6, 6.07) is 13.8. The summed E-state index contributed by atoms with van der Waals surface area (Å²) in [7, 11) is 0. The van der Waals surface area contributed by atoms with Crippen molar-refractivity contribution >= 4 is 48.4 Å². The van der Waals surface area contributed by atoms with Gasteiger partial charge in [0.1, 0.15) is 9.15 Å². The molecule has 1 N–H and O–H groups in total. The van der Waals surface area contributed by atoms with E-state index in [-0.39, 0.29) is 5.76 Å². The van der Waals surface area contributed by atoms with Crippen LogP contribution >= 0.6 is 31.9 Å². The summed E-state index contributed by atoms with van der Waals surface area (Å²) in [4.78, 5) is 0. The fourth-order valence-electron chi connectivity index (χ4n) is 1.53. The molecule has 0 spiro atoms. The van der Waals surface area contributed by atoms with Gasteiger partial charge in [0.25, 0.3) is 0 Å². The van der Waals surface area contributed by atoms with Crippen LogP contribution in [0.25, 0.3) is 16.5 Å². The van der Waals surface area contributed by atoms with Gasteiger partial charge in [-0.3, -0.25) is 0 Å². The Balaban J connectivity index is 2.77. The molecule has 1 nitrogen and oxygen atoms in total. The standard InChI is InChI=1S/C12H8Br2O/c13-12(14)11(15)10-7-3-5-8-4-1-2-6-9(8)10/h1-7,15H. The second-order valence-electron chi connectivity index (χ2n) is 3.14. The first-order valence-electron chi connectivity index (χ1n) is 4.42. The van der Waals surface area contributed by atoms with E-state index in [0.717, 1.165) is 16.3 Å². The first-order valence-corrected chi connectivity index (χ1v) is 6.01. The van der Waals surface area contributed by atoms with Crippen LogP contribution in [-0.2, 0) is 0 Å². The lowest BCUT2D eigenvalue weighted by Gasteiger charge is -2.05. The second-order valence-corrected chi connectivity index (χ2v) is 5.79. The van der Waals surface area contributed by atoms with E-state index in [4.69, 9.17) is 0 Å². The number of aliphatic hydroxyl groups is 1. The predicted octanol–water partition coefficient (Wildman–Crippen LogP) is 4.81. The van der Waals surface area contributed by atoms with E-state index in [1.165, 1.54) is 0 Å². The summed E-state index contributed by atoms with van der Waals surface area (Å²) in [6.45, 7) is 0. The van der Waals surface area contributed by atoms with Crippen molar-refractivity contribution in [3.8, 4) is 0 Å². The first kappa shape index (κ1) is 10.7. The summed E-state index contributed by atoms with van der Waals surface area (Å²) in [6.07, 6.45) is 0. The lowest BCUT2D eigenvalue weighted by atomic mass is 10.0. The van der Waals surface area contributed by atoms with Gasteiger partial charge in [-0.15, -0.1) is 0 Å². The first-order chi connectivity index (χ1) is 7.20. The maximum Gasteiger partial charge on any atom is 0.144 e. The molecule has 0 bridgehead atoms. The number of hydrogen-bond donors (Lipinski definition) is 1. The molecule has 3 heteroatoms. The highest BCUT2D eigenvalue weighted by atomic mass is 79.9. The number of hydrogen-bond acceptors (Lipinski definition) is 1. The van der Waals surface area contributed by atoms with E-state index in [0.29, 0.717) is 3.39 Å². The molecule has 76 valence electrons. The molecule has 0 aromatic heterocycles. The van der Waals surface area contributed by atoms with Crippen LogP contribution in [0.15, 0.2) is 45.9 Å². The molecule has 0 heterocycles. The van der Waals surface area contributed by atoms with Gasteiger partial charge in [-0.25, -0.2) is 0 Å². The molecule has 0 fully saturated rings. The third-order valence-corrected chi connectivity index (χ3v) is 2.97. The summed E-state index contributed by atoms with van der Waals surface area (Å²) in [5.41, 5.74) is 0.817. The van der Waals surface area contributed by atoms with Gasteiger partial charge in [0.15, 0.2) is 0 Å². The number of rotatable bonds is 1. The molecule has 0 saturated carbocycles. The minimum atomic E-state index is 0.215. The number of halogens is 2. The van der Waals surface area contributed by atoms with E-state index < -0.39 is 0 Å². The smallest absolute Gasteiger partial charge is 0.144 e. The van der Waals surface area contributed by atoms with Crippen LogP contribution in [0.4, 0.5) is 0 Å². The van der Waals surface area contributed by atoms with E-state index in [1.807, 2.05) is 42.5 Å². The summed E-state index contributed by atoms with van der Waals surface area (Å²) in [5.74, 6) is 0.215. The molecule has 15 heavy (non-hydrogen) atoms. The van der Waals surface area contributed by atoms with Gasteiger partial charge in [-0.1, -0.05) is 42.5 Å². The van der Waals surface area contributed by atoms with Gasteiger partial charge in [0.05, 0.1) is 0 Å². The lowest BCUT2D eigenvalue weighted by Crippen LogP contribution is -1.85. The van der Waals surface area contributed by atoms with E-state index >= 15 is 0 Å². The van der Waals surface area contributed by atoms with Crippen LogP contribution in [0.3, 0.4) is 0 Å². The van der Waals surface area contributed by atoms with E-state index in [1.54, 1.807) is 0 Å². The van der Waals surface area contributed by atoms with Crippen molar-refractivity contribution in [3.05, 3.63) is 51.4 Å². The highest BCUT2D eigenvalue weighted by molar-refractivity contribution is 9.28. The Hall–Kier alpha value is -0.800. The minimum absolute atomic E-state index is 0.215. The minimum Gasteiger partial charge on any atom is -0.506 e. The SMILES string of the molecule is OC(=C(Br)Br)c1cccc2ccccc12. The van der Waals surface area contributed by atoms with Crippen LogP contribution in [-0.4, -0.2) is 5.11 Å². The molecule has 2 aromatic carbocycles. The fourth-order valence-corrected chi connectivity index (χ4v) is 1.96. The van der Waals surface area contributed by atoms with Gasteiger partial charge >= 0.3 is 0 Å². The molecule has 0 aliphatic carbocycles. The van der Waals surface area contributed by atoms with Gasteiger partial charge in [0, 0.05) is 5.56 Å². The molecule has 0 amide bonds. The highest BCUT2D eigenvalue weighted by Crippen LogP contribution is 2.29. The van der Waals surface area contributed by atoms with Crippen LogP contribution in [0.1, 0.15) is 5.56 Å². The highest BCUT2D eigenvalue weighted by Gasteiger charge is 2.06. The molecular formula is C12H8Br2O. The molecule has 0 radical (unpaired) electrons. The summed E-state index contributed by atoms with van der Waals surface area (Å²) >= 11 is 6.42. The Bertz CT molecular complexity index is 523. The zero-order valence-corrected chi connectivity index (χ0v) is 10.9. The van der Waals surface area contributed by atoms with Crippen LogP contribution in [0.2, 0.25) is 0 Å². The maximum absolute atomic E-state index is 9.88. The van der Waals surface area contributed by atoms with Crippen molar-refractivity contribution in [2.75, 3.05) is 0 Å². The third-order valence-electron chi connectivity index (χ3n) is 2.22. The Morgan fingerprint density at radius 3 is 2.33 bits per heavy atom. The molecule has 0 atom stereocenters. The van der Waals surface area contributed by atoms with Gasteiger partial charge in [0.2, 0.25) is 0 Å². The van der Waals surface area contributed by atoms with Crippen molar-refractivity contribution in [1.82, 2.24) is 0 Å². The number of aliphatic hydroxyl groups excluding tert-OH is 1. The zero-order chi connectivity index (χ0) is 10.8. The Morgan fingerprint density at radius 2 is 1.60 bits per heavy atom. The van der Waals surface area contributed by atoms with Gasteiger partial charge in [-0.05, 0) is 42.6 Å². The third kappa shape index (κ3) is 2.08. The predicted molar refractivity (Wildman–Crippen MR) is 71.4 cm³/mol. The quantitative estimate of drug-likeness (QED) is 0.745. The van der Waals surface area contributed by atoms with E-state index in [9.17, 15) is 5.11 Å². The molecule has 2 rings (SSSR count). The molecule has 0 unspecified atom stereocenters. The second kappa shape index (κ2) is 4.37. The topological polar surface area (TPSA) is 20.2 Å².